The molecule has 1 aromatic heterocycles. The van der Waals surface area contributed by atoms with Gasteiger partial charge in [0, 0.05) is 11.1 Å². The Kier molecular flexibility index (Phi) is 6.65. The van der Waals surface area contributed by atoms with Crippen LogP contribution in [0.1, 0.15) is 62.2 Å². The molecule has 0 radical (unpaired) electrons. The third kappa shape index (κ3) is 4.62. The smallest absolute Gasteiger partial charge is 0.110 e. The third-order valence-corrected chi connectivity index (χ3v) is 3.96. The van der Waals surface area contributed by atoms with Crippen LogP contribution in [0, 0.1) is 6.92 Å². The number of nitrogens with one attached hydrogen (secondary N) is 1. The molecule has 0 spiro atoms. The molecule has 0 aliphatic rings. The molecule has 0 aliphatic carbocycles. The summed E-state index contributed by atoms with van der Waals surface area (Å²) in [5.74, 6) is 0. The zero-order chi connectivity index (χ0) is 11.8. The van der Waals surface area contributed by atoms with E-state index < -0.39 is 0 Å². The first-order valence-electron chi connectivity index (χ1n) is 6.37. The zero-order valence-electron chi connectivity index (χ0n) is 10.8. The van der Waals surface area contributed by atoms with Gasteiger partial charge in [0.2, 0.25) is 0 Å². The highest BCUT2D eigenvalue weighted by molar-refractivity contribution is 7.09. The van der Waals surface area contributed by atoms with Gasteiger partial charge in [-0.25, -0.2) is 4.98 Å². The van der Waals surface area contributed by atoms with Crippen molar-refractivity contribution in [2.24, 2.45) is 0 Å². The molecule has 0 fully saturated rings. The van der Waals surface area contributed by atoms with Crippen molar-refractivity contribution in [2.45, 2.75) is 58.4 Å². The molecule has 0 saturated heterocycles. The Morgan fingerprint density at radius 1 is 1.31 bits per heavy atom. The van der Waals surface area contributed by atoms with Crippen molar-refractivity contribution < 1.29 is 0 Å². The lowest BCUT2D eigenvalue weighted by Gasteiger charge is -2.12. The van der Waals surface area contributed by atoms with Gasteiger partial charge in [0.25, 0.3) is 0 Å². The predicted octanol–water partition coefficient (Wildman–Crippen LogP) is 4.07. The number of rotatable bonds is 8. The summed E-state index contributed by atoms with van der Waals surface area (Å²) in [4.78, 5) is 4.55. The number of aromatic nitrogens is 1. The molecule has 1 atom stereocenters. The lowest BCUT2D eigenvalue weighted by atomic mass is 10.1. The second-order valence-electron chi connectivity index (χ2n) is 4.37. The molecule has 0 aliphatic heterocycles. The summed E-state index contributed by atoms with van der Waals surface area (Å²) < 4.78 is 0. The number of unbranched alkanes of at least 4 members (excludes halogenated alkanes) is 4. The van der Waals surface area contributed by atoms with Crippen LogP contribution >= 0.6 is 11.3 Å². The first-order valence-corrected chi connectivity index (χ1v) is 7.25. The van der Waals surface area contributed by atoms with E-state index in [1.807, 2.05) is 7.05 Å². The largest absolute Gasteiger partial charge is 0.311 e. The molecule has 1 N–H and O–H groups in total. The van der Waals surface area contributed by atoms with Gasteiger partial charge < -0.3 is 5.32 Å². The molecule has 3 heteroatoms. The quantitative estimate of drug-likeness (QED) is 0.693. The number of hydrogen-bond acceptors (Lipinski definition) is 3. The van der Waals surface area contributed by atoms with Gasteiger partial charge in [0.05, 0.1) is 6.04 Å². The third-order valence-electron chi connectivity index (χ3n) is 2.88. The summed E-state index contributed by atoms with van der Waals surface area (Å²) in [5.41, 5.74) is 1.14. The number of thiazole rings is 1. The lowest BCUT2D eigenvalue weighted by Crippen LogP contribution is -2.16. The fraction of sp³-hybridized carbons (Fsp3) is 0.769. The van der Waals surface area contributed by atoms with Crippen molar-refractivity contribution >= 4 is 11.3 Å². The molecule has 1 rings (SSSR count). The summed E-state index contributed by atoms with van der Waals surface area (Å²) in [6.07, 6.45) is 7.96. The van der Waals surface area contributed by atoms with Gasteiger partial charge in [-0.1, -0.05) is 39.0 Å². The molecule has 1 aromatic rings. The van der Waals surface area contributed by atoms with E-state index in [0.717, 1.165) is 5.69 Å². The summed E-state index contributed by atoms with van der Waals surface area (Å²) >= 11 is 1.78. The van der Waals surface area contributed by atoms with E-state index in [1.54, 1.807) is 11.3 Å². The average molecular weight is 240 g/mol. The van der Waals surface area contributed by atoms with Crippen LogP contribution in [0.15, 0.2) is 5.38 Å². The first kappa shape index (κ1) is 13.7. The van der Waals surface area contributed by atoms with E-state index in [4.69, 9.17) is 0 Å². The predicted molar refractivity (Wildman–Crippen MR) is 72.0 cm³/mol. The fourth-order valence-corrected chi connectivity index (χ4v) is 2.82. The number of nitrogens with zero attached hydrogens (tertiary/aromatic N) is 1. The van der Waals surface area contributed by atoms with E-state index in [2.05, 4.69) is 29.5 Å². The minimum Gasteiger partial charge on any atom is -0.311 e. The van der Waals surface area contributed by atoms with Crippen molar-refractivity contribution in [3.05, 3.63) is 16.1 Å². The molecule has 0 saturated carbocycles. The summed E-state index contributed by atoms with van der Waals surface area (Å²) in [7, 11) is 2.04. The molecule has 0 bridgehead atoms. The maximum absolute atomic E-state index is 4.55. The van der Waals surface area contributed by atoms with Crippen LogP contribution in [-0.4, -0.2) is 12.0 Å². The maximum Gasteiger partial charge on any atom is 0.110 e. The Labute approximate surface area is 103 Å². The standard InChI is InChI=1S/C13H24N2S/c1-4-5-6-7-8-9-12(14-3)13-15-11(2)10-16-13/h10,12,14H,4-9H2,1-3H3. The highest BCUT2D eigenvalue weighted by atomic mass is 32.1. The minimum absolute atomic E-state index is 0.459. The molecule has 0 amide bonds. The second-order valence-corrected chi connectivity index (χ2v) is 5.26. The van der Waals surface area contributed by atoms with Crippen LogP contribution in [0.25, 0.3) is 0 Å². The van der Waals surface area contributed by atoms with Crippen molar-refractivity contribution in [3.63, 3.8) is 0 Å². The van der Waals surface area contributed by atoms with Gasteiger partial charge in [0.15, 0.2) is 0 Å². The molecule has 0 aromatic carbocycles. The van der Waals surface area contributed by atoms with E-state index in [9.17, 15) is 0 Å². The summed E-state index contributed by atoms with van der Waals surface area (Å²) in [6, 6.07) is 0.459. The fourth-order valence-electron chi connectivity index (χ4n) is 1.88. The Bertz CT molecular complexity index is 283. The van der Waals surface area contributed by atoms with Crippen LogP contribution in [0.2, 0.25) is 0 Å². The van der Waals surface area contributed by atoms with Gasteiger partial charge >= 0.3 is 0 Å². The Morgan fingerprint density at radius 3 is 2.62 bits per heavy atom. The van der Waals surface area contributed by atoms with Crippen molar-refractivity contribution in [1.82, 2.24) is 10.3 Å². The van der Waals surface area contributed by atoms with E-state index in [1.165, 1.54) is 43.5 Å². The van der Waals surface area contributed by atoms with Crippen LogP contribution < -0.4 is 5.32 Å². The number of hydrogen-bond donors (Lipinski definition) is 1. The molecular weight excluding hydrogens is 216 g/mol. The lowest BCUT2D eigenvalue weighted by molar-refractivity contribution is 0.498. The summed E-state index contributed by atoms with van der Waals surface area (Å²) in [5, 5.41) is 6.75. The average Bonchev–Trinajstić information content (AvgIpc) is 2.70. The summed E-state index contributed by atoms with van der Waals surface area (Å²) in [6.45, 7) is 4.32. The van der Waals surface area contributed by atoms with E-state index >= 15 is 0 Å². The SMILES string of the molecule is CCCCCCCC(NC)c1nc(C)cs1. The minimum atomic E-state index is 0.459. The van der Waals surface area contributed by atoms with Gasteiger partial charge in [-0.2, -0.15) is 0 Å². The van der Waals surface area contributed by atoms with Crippen LogP contribution in [0.4, 0.5) is 0 Å². The molecule has 1 heterocycles. The first-order chi connectivity index (χ1) is 7.77. The van der Waals surface area contributed by atoms with Gasteiger partial charge in [-0.15, -0.1) is 11.3 Å². The van der Waals surface area contributed by atoms with Crippen LogP contribution in [0.3, 0.4) is 0 Å². The molecular formula is C13H24N2S. The topological polar surface area (TPSA) is 24.9 Å². The van der Waals surface area contributed by atoms with Crippen molar-refractivity contribution in [2.75, 3.05) is 7.05 Å². The molecule has 1 unspecified atom stereocenters. The Hall–Kier alpha value is -0.410. The van der Waals surface area contributed by atoms with Gasteiger partial charge in [-0.05, 0) is 20.4 Å². The Morgan fingerprint density at radius 2 is 2.06 bits per heavy atom. The van der Waals surface area contributed by atoms with E-state index in [-0.39, 0.29) is 0 Å². The van der Waals surface area contributed by atoms with Crippen molar-refractivity contribution in [3.8, 4) is 0 Å². The maximum atomic E-state index is 4.55. The zero-order valence-corrected chi connectivity index (χ0v) is 11.6. The molecule has 92 valence electrons. The van der Waals surface area contributed by atoms with Gasteiger partial charge in [-0.3, -0.25) is 0 Å². The normalized spacial score (nSPS) is 12.9. The Balaban J connectivity index is 2.27. The van der Waals surface area contributed by atoms with Crippen LogP contribution in [-0.2, 0) is 0 Å². The molecule has 2 nitrogen and oxygen atoms in total. The highest BCUT2D eigenvalue weighted by Crippen LogP contribution is 2.23. The van der Waals surface area contributed by atoms with Crippen molar-refractivity contribution in [1.29, 1.82) is 0 Å². The van der Waals surface area contributed by atoms with E-state index in [0.29, 0.717) is 6.04 Å². The molecule has 16 heavy (non-hydrogen) atoms. The highest BCUT2D eigenvalue weighted by Gasteiger charge is 2.11. The van der Waals surface area contributed by atoms with Crippen LogP contribution in [0.5, 0.6) is 0 Å². The van der Waals surface area contributed by atoms with Gasteiger partial charge in [0.1, 0.15) is 5.01 Å². The second kappa shape index (κ2) is 7.80. The number of aryl methyl sites for hydroxylation is 1. The monoisotopic (exact) mass is 240 g/mol.